The highest BCUT2D eigenvalue weighted by atomic mass is 35.5. The van der Waals surface area contributed by atoms with Crippen molar-refractivity contribution in [3.63, 3.8) is 0 Å². The Labute approximate surface area is 130 Å². The van der Waals surface area contributed by atoms with Gasteiger partial charge in [-0.25, -0.2) is 0 Å². The van der Waals surface area contributed by atoms with Crippen LogP contribution in [0.5, 0.6) is 0 Å². The summed E-state index contributed by atoms with van der Waals surface area (Å²) < 4.78 is 0. The van der Waals surface area contributed by atoms with E-state index in [4.69, 9.17) is 11.6 Å². The van der Waals surface area contributed by atoms with Gasteiger partial charge >= 0.3 is 0 Å². The number of rotatable bonds is 7. The molecule has 0 aliphatic rings. The highest BCUT2D eigenvalue weighted by Gasteiger charge is 2.04. The highest BCUT2D eigenvalue weighted by molar-refractivity contribution is 7.99. The number of halogens is 2. The van der Waals surface area contributed by atoms with Crippen LogP contribution in [-0.4, -0.2) is 31.3 Å². The first-order chi connectivity index (χ1) is 8.61. The second-order valence-corrected chi connectivity index (χ2v) is 5.54. The third kappa shape index (κ3) is 8.37. The minimum absolute atomic E-state index is 0. The molecule has 1 aromatic rings. The molecule has 0 heterocycles. The first-order valence-electron chi connectivity index (χ1n) is 5.88. The summed E-state index contributed by atoms with van der Waals surface area (Å²) in [6, 6.07) is 8.00. The Hall–Kier alpha value is -0.420. The van der Waals surface area contributed by atoms with Gasteiger partial charge in [-0.3, -0.25) is 4.79 Å². The lowest BCUT2D eigenvalue weighted by Gasteiger charge is -2.11. The van der Waals surface area contributed by atoms with E-state index in [9.17, 15) is 4.79 Å². The Balaban J connectivity index is 0.00000324. The zero-order valence-electron chi connectivity index (χ0n) is 11.1. The molecule has 3 nitrogen and oxygen atoms in total. The number of thioether (sulfide) groups is 1. The van der Waals surface area contributed by atoms with Crippen LogP contribution in [0.1, 0.15) is 12.5 Å². The molecule has 1 aromatic carbocycles. The van der Waals surface area contributed by atoms with Gasteiger partial charge in [0.05, 0.1) is 5.75 Å². The van der Waals surface area contributed by atoms with E-state index in [1.165, 1.54) is 5.56 Å². The largest absolute Gasteiger partial charge is 0.354 e. The fourth-order valence-corrected chi connectivity index (χ4v) is 2.21. The maximum Gasteiger partial charge on any atom is 0.230 e. The second kappa shape index (κ2) is 10.4. The van der Waals surface area contributed by atoms with Gasteiger partial charge in [0, 0.05) is 23.4 Å². The van der Waals surface area contributed by atoms with Gasteiger partial charge in [0.25, 0.3) is 0 Å². The number of carbonyl (C=O) groups is 1. The van der Waals surface area contributed by atoms with E-state index in [-0.39, 0.29) is 18.3 Å². The summed E-state index contributed by atoms with van der Waals surface area (Å²) >= 11 is 7.41. The minimum Gasteiger partial charge on any atom is -0.354 e. The molecule has 19 heavy (non-hydrogen) atoms. The van der Waals surface area contributed by atoms with E-state index in [1.807, 2.05) is 38.2 Å². The summed E-state index contributed by atoms with van der Waals surface area (Å²) in [6.45, 7) is 2.69. The first-order valence-corrected chi connectivity index (χ1v) is 7.41. The molecule has 0 bridgehead atoms. The van der Waals surface area contributed by atoms with Gasteiger partial charge < -0.3 is 10.6 Å². The van der Waals surface area contributed by atoms with Crippen molar-refractivity contribution in [1.29, 1.82) is 0 Å². The van der Waals surface area contributed by atoms with Crippen molar-refractivity contribution in [3.8, 4) is 0 Å². The van der Waals surface area contributed by atoms with E-state index >= 15 is 0 Å². The van der Waals surface area contributed by atoms with Crippen LogP contribution in [0.25, 0.3) is 0 Å². The fourth-order valence-electron chi connectivity index (χ4n) is 1.26. The maximum atomic E-state index is 11.5. The Morgan fingerprint density at radius 1 is 1.37 bits per heavy atom. The number of benzene rings is 1. The molecule has 1 rings (SSSR count). The Kier molecular flexibility index (Phi) is 10.1. The van der Waals surface area contributed by atoms with Crippen LogP contribution in [0, 0.1) is 0 Å². The third-order valence-electron chi connectivity index (χ3n) is 2.51. The van der Waals surface area contributed by atoms with Gasteiger partial charge in [-0.2, -0.15) is 0 Å². The van der Waals surface area contributed by atoms with Gasteiger partial charge in [-0.15, -0.1) is 24.2 Å². The van der Waals surface area contributed by atoms with Crippen LogP contribution >= 0.6 is 35.8 Å². The molecule has 1 unspecified atom stereocenters. The van der Waals surface area contributed by atoms with Crippen molar-refractivity contribution in [3.05, 3.63) is 34.9 Å². The highest BCUT2D eigenvalue weighted by Crippen LogP contribution is 2.15. The smallest absolute Gasteiger partial charge is 0.230 e. The Morgan fingerprint density at radius 3 is 2.58 bits per heavy atom. The summed E-state index contributed by atoms with van der Waals surface area (Å²) in [6.07, 6.45) is 0. The minimum atomic E-state index is 0. The fraction of sp³-hybridized carbons (Fsp3) is 0.462. The van der Waals surface area contributed by atoms with Crippen molar-refractivity contribution >= 4 is 41.7 Å². The molecule has 0 fully saturated rings. The van der Waals surface area contributed by atoms with Crippen LogP contribution < -0.4 is 10.6 Å². The van der Waals surface area contributed by atoms with Crippen LogP contribution in [0.2, 0.25) is 5.02 Å². The molecular formula is C13H20Cl2N2OS. The number of amides is 1. The topological polar surface area (TPSA) is 41.1 Å². The first kappa shape index (κ1) is 18.6. The molecule has 108 valence electrons. The molecule has 0 aromatic heterocycles. The molecule has 0 radical (unpaired) electrons. The second-order valence-electron chi connectivity index (χ2n) is 4.11. The van der Waals surface area contributed by atoms with Crippen molar-refractivity contribution in [2.24, 2.45) is 0 Å². The normalized spacial score (nSPS) is 11.5. The molecule has 0 saturated carbocycles. The summed E-state index contributed by atoms with van der Waals surface area (Å²) in [7, 11) is 1.88. The van der Waals surface area contributed by atoms with Crippen LogP contribution in [-0.2, 0) is 10.5 Å². The lowest BCUT2D eigenvalue weighted by atomic mass is 10.2. The van der Waals surface area contributed by atoms with Crippen LogP contribution in [0.4, 0.5) is 0 Å². The molecule has 0 saturated heterocycles. The van der Waals surface area contributed by atoms with Crippen molar-refractivity contribution < 1.29 is 4.79 Å². The molecule has 2 N–H and O–H groups in total. The zero-order valence-corrected chi connectivity index (χ0v) is 13.5. The Bertz CT molecular complexity index is 373. The predicted molar refractivity (Wildman–Crippen MR) is 86.4 cm³/mol. The van der Waals surface area contributed by atoms with E-state index in [2.05, 4.69) is 10.6 Å². The monoisotopic (exact) mass is 322 g/mol. The molecule has 0 aliphatic heterocycles. The van der Waals surface area contributed by atoms with E-state index in [1.54, 1.807) is 11.8 Å². The summed E-state index contributed by atoms with van der Waals surface area (Å²) in [4.78, 5) is 11.5. The van der Waals surface area contributed by atoms with E-state index in [0.29, 0.717) is 18.3 Å². The van der Waals surface area contributed by atoms with Crippen molar-refractivity contribution in [1.82, 2.24) is 10.6 Å². The van der Waals surface area contributed by atoms with Gasteiger partial charge in [0.1, 0.15) is 0 Å². The number of hydrogen-bond donors (Lipinski definition) is 2. The molecule has 0 aliphatic carbocycles. The average Bonchev–Trinajstić information content (AvgIpc) is 2.38. The predicted octanol–water partition coefficient (Wildman–Crippen LogP) is 2.72. The maximum absolute atomic E-state index is 11.5. The van der Waals surface area contributed by atoms with Gasteiger partial charge in [-0.05, 0) is 31.7 Å². The number of likely N-dealkylation sites (N-methyl/N-ethyl adjacent to an activating group) is 1. The Morgan fingerprint density at radius 2 is 2.00 bits per heavy atom. The number of hydrogen-bond acceptors (Lipinski definition) is 3. The zero-order chi connectivity index (χ0) is 13.4. The molecule has 1 atom stereocenters. The van der Waals surface area contributed by atoms with E-state index in [0.717, 1.165) is 10.8 Å². The molecule has 6 heteroatoms. The quantitative estimate of drug-likeness (QED) is 0.811. The van der Waals surface area contributed by atoms with Crippen LogP contribution in [0.3, 0.4) is 0 Å². The standard InChI is InChI=1S/C13H19ClN2OS.ClH/c1-10(15-2)7-16-13(17)9-18-8-11-3-5-12(14)6-4-11;/h3-6,10,15H,7-9H2,1-2H3,(H,16,17);1H. The summed E-state index contributed by atoms with van der Waals surface area (Å²) in [5, 5.41) is 6.70. The SMILES string of the molecule is CNC(C)CNC(=O)CSCc1ccc(Cl)cc1.Cl. The molecule has 0 spiro atoms. The van der Waals surface area contributed by atoms with Crippen LogP contribution in [0.15, 0.2) is 24.3 Å². The van der Waals surface area contributed by atoms with Gasteiger partial charge in [0.15, 0.2) is 0 Å². The number of nitrogens with one attached hydrogen (secondary N) is 2. The van der Waals surface area contributed by atoms with E-state index < -0.39 is 0 Å². The van der Waals surface area contributed by atoms with Crippen molar-refractivity contribution in [2.75, 3.05) is 19.3 Å². The summed E-state index contributed by atoms with van der Waals surface area (Å²) in [5.74, 6) is 1.39. The van der Waals surface area contributed by atoms with Gasteiger partial charge in [-0.1, -0.05) is 23.7 Å². The number of carbonyl (C=O) groups excluding carboxylic acids is 1. The lowest BCUT2D eigenvalue weighted by Crippen LogP contribution is -2.37. The lowest BCUT2D eigenvalue weighted by molar-refractivity contribution is -0.118. The molecule has 1 amide bonds. The summed E-state index contributed by atoms with van der Waals surface area (Å²) in [5.41, 5.74) is 1.18. The van der Waals surface area contributed by atoms with Gasteiger partial charge in [0.2, 0.25) is 5.91 Å². The average molecular weight is 323 g/mol. The van der Waals surface area contributed by atoms with Crippen molar-refractivity contribution in [2.45, 2.75) is 18.7 Å². The third-order valence-corrected chi connectivity index (χ3v) is 3.77. The molecular weight excluding hydrogens is 303 g/mol.